The van der Waals surface area contributed by atoms with E-state index in [1.807, 2.05) is 19.1 Å². The van der Waals surface area contributed by atoms with Crippen molar-refractivity contribution in [3.63, 3.8) is 0 Å². The van der Waals surface area contributed by atoms with Crippen LogP contribution in [-0.4, -0.2) is 4.98 Å². The molecule has 3 nitrogen and oxygen atoms in total. The maximum absolute atomic E-state index is 5.94. The van der Waals surface area contributed by atoms with E-state index in [1.165, 1.54) is 0 Å². The third-order valence-corrected chi connectivity index (χ3v) is 3.37. The van der Waals surface area contributed by atoms with Gasteiger partial charge in [0, 0.05) is 24.4 Å². The van der Waals surface area contributed by atoms with Gasteiger partial charge >= 0.3 is 0 Å². The van der Waals surface area contributed by atoms with Gasteiger partial charge in [0.25, 0.3) is 0 Å². The van der Waals surface area contributed by atoms with Gasteiger partial charge in [0.05, 0.1) is 10.0 Å². The van der Waals surface area contributed by atoms with Crippen molar-refractivity contribution in [1.29, 1.82) is 0 Å². The fraction of sp³-hybridized carbons (Fsp3) is 0.214. The molecule has 0 bridgehead atoms. The average Bonchev–Trinajstić information content (AvgIpc) is 2.42. The van der Waals surface area contributed by atoms with Gasteiger partial charge in [-0.1, -0.05) is 30.1 Å². The Morgan fingerprint density at radius 1 is 1.16 bits per heavy atom. The molecule has 2 N–H and O–H groups in total. The van der Waals surface area contributed by atoms with Crippen molar-refractivity contribution in [2.24, 2.45) is 5.73 Å². The lowest BCUT2D eigenvalue weighted by atomic mass is 10.2. The van der Waals surface area contributed by atoms with Crippen molar-refractivity contribution in [1.82, 2.24) is 4.98 Å². The van der Waals surface area contributed by atoms with Crippen LogP contribution in [0.25, 0.3) is 0 Å². The molecule has 0 saturated heterocycles. The van der Waals surface area contributed by atoms with Crippen molar-refractivity contribution < 1.29 is 4.74 Å². The Kier molecular flexibility index (Phi) is 4.64. The Bertz CT molecular complexity index is 565. The SMILES string of the molecule is CCc1cc(CN)cc(Oc2ccc(Cl)c(Cl)c2)n1. The first-order valence-corrected chi connectivity index (χ1v) is 6.70. The molecule has 2 aromatic rings. The lowest BCUT2D eigenvalue weighted by molar-refractivity contribution is 0.460. The van der Waals surface area contributed by atoms with Gasteiger partial charge in [-0.3, -0.25) is 0 Å². The molecule has 100 valence electrons. The van der Waals surface area contributed by atoms with Crippen LogP contribution in [0.5, 0.6) is 11.6 Å². The van der Waals surface area contributed by atoms with Crippen LogP contribution in [0.2, 0.25) is 10.0 Å². The highest BCUT2D eigenvalue weighted by Crippen LogP contribution is 2.29. The summed E-state index contributed by atoms with van der Waals surface area (Å²) in [4.78, 5) is 4.39. The van der Waals surface area contributed by atoms with E-state index in [1.54, 1.807) is 18.2 Å². The summed E-state index contributed by atoms with van der Waals surface area (Å²) >= 11 is 11.8. The summed E-state index contributed by atoms with van der Waals surface area (Å²) in [6.45, 7) is 2.48. The first-order chi connectivity index (χ1) is 9.12. The van der Waals surface area contributed by atoms with Gasteiger partial charge in [0.15, 0.2) is 0 Å². The zero-order chi connectivity index (χ0) is 13.8. The summed E-state index contributed by atoms with van der Waals surface area (Å²) < 4.78 is 5.69. The van der Waals surface area contributed by atoms with Crippen LogP contribution >= 0.6 is 23.2 Å². The zero-order valence-electron chi connectivity index (χ0n) is 10.5. The van der Waals surface area contributed by atoms with E-state index in [9.17, 15) is 0 Å². The fourth-order valence-corrected chi connectivity index (χ4v) is 1.92. The largest absolute Gasteiger partial charge is 0.439 e. The number of rotatable bonds is 4. The minimum absolute atomic E-state index is 0.449. The summed E-state index contributed by atoms with van der Waals surface area (Å²) in [6, 6.07) is 8.89. The molecule has 1 heterocycles. The number of halogens is 2. The first kappa shape index (κ1) is 14.1. The third kappa shape index (κ3) is 3.60. The second-order valence-electron chi connectivity index (χ2n) is 4.04. The van der Waals surface area contributed by atoms with Crippen LogP contribution in [0, 0.1) is 0 Å². The topological polar surface area (TPSA) is 48.1 Å². The van der Waals surface area contributed by atoms with E-state index < -0.39 is 0 Å². The molecule has 1 aromatic heterocycles. The molecule has 1 aromatic carbocycles. The third-order valence-electron chi connectivity index (χ3n) is 2.63. The fourth-order valence-electron chi connectivity index (χ4n) is 1.63. The Morgan fingerprint density at radius 2 is 1.95 bits per heavy atom. The van der Waals surface area contributed by atoms with Gasteiger partial charge in [0.1, 0.15) is 5.75 Å². The Morgan fingerprint density at radius 3 is 2.58 bits per heavy atom. The molecule has 19 heavy (non-hydrogen) atoms. The normalized spacial score (nSPS) is 10.5. The zero-order valence-corrected chi connectivity index (χ0v) is 12.0. The summed E-state index contributed by atoms with van der Waals surface area (Å²) in [5.74, 6) is 1.11. The average molecular weight is 297 g/mol. The molecule has 0 fully saturated rings. The van der Waals surface area contributed by atoms with E-state index in [0.717, 1.165) is 17.7 Å². The molecule has 0 spiro atoms. The number of hydrogen-bond donors (Lipinski definition) is 1. The standard InChI is InChI=1S/C14H14Cl2N2O/c1-2-10-5-9(8-17)6-14(18-10)19-11-3-4-12(15)13(16)7-11/h3-7H,2,8,17H2,1H3. The predicted molar refractivity (Wildman–Crippen MR) is 78.0 cm³/mol. The summed E-state index contributed by atoms with van der Waals surface area (Å²) in [6.07, 6.45) is 0.825. The molecule has 0 saturated carbocycles. The lowest BCUT2D eigenvalue weighted by Gasteiger charge is -2.09. The number of ether oxygens (including phenoxy) is 1. The number of pyridine rings is 1. The molecule has 0 unspecified atom stereocenters. The van der Waals surface area contributed by atoms with Gasteiger partial charge in [0.2, 0.25) is 5.88 Å². The Balaban J connectivity index is 2.29. The lowest BCUT2D eigenvalue weighted by Crippen LogP contribution is -2.00. The van der Waals surface area contributed by atoms with Crippen LogP contribution in [-0.2, 0) is 13.0 Å². The molecule has 0 aliphatic heterocycles. The second-order valence-corrected chi connectivity index (χ2v) is 4.86. The molecule has 0 amide bonds. The first-order valence-electron chi connectivity index (χ1n) is 5.95. The smallest absolute Gasteiger partial charge is 0.219 e. The summed E-state index contributed by atoms with van der Waals surface area (Å²) in [7, 11) is 0. The molecule has 5 heteroatoms. The molecule has 0 radical (unpaired) electrons. The highest BCUT2D eigenvalue weighted by atomic mass is 35.5. The van der Waals surface area contributed by atoms with Gasteiger partial charge in [-0.05, 0) is 30.2 Å². The monoisotopic (exact) mass is 296 g/mol. The van der Waals surface area contributed by atoms with Crippen LogP contribution in [0.15, 0.2) is 30.3 Å². The molecular formula is C14H14Cl2N2O. The van der Waals surface area contributed by atoms with Gasteiger partial charge in [-0.25, -0.2) is 4.98 Å². The highest BCUT2D eigenvalue weighted by Gasteiger charge is 2.05. The minimum atomic E-state index is 0.449. The van der Waals surface area contributed by atoms with Gasteiger partial charge < -0.3 is 10.5 Å². The van der Waals surface area contributed by atoms with Gasteiger partial charge in [-0.2, -0.15) is 0 Å². The number of nitrogens with zero attached hydrogens (tertiary/aromatic N) is 1. The van der Waals surface area contributed by atoms with Crippen molar-refractivity contribution in [3.05, 3.63) is 51.6 Å². The van der Waals surface area contributed by atoms with Crippen LogP contribution < -0.4 is 10.5 Å². The predicted octanol–water partition coefficient (Wildman–Crippen LogP) is 4.20. The number of hydrogen-bond acceptors (Lipinski definition) is 3. The van der Waals surface area contributed by atoms with Crippen molar-refractivity contribution in [2.75, 3.05) is 0 Å². The van der Waals surface area contributed by atoms with Crippen LogP contribution in [0.3, 0.4) is 0 Å². The summed E-state index contributed by atoms with van der Waals surface area (Å²) in [5, 5.41) is 0.941. The van der Waals surface area contributed by atoms with Crippen LogP contribution in [0.4, 0.5) is 0 Å². The molecular weight excluding hydrogens is 283 g/mol. The van der Waals surface area contributed by atoms with Crippen molar-refractivity contribution in [2.45, 2.75) is 19.9 Å². The number of aromatic nitrogens is 1. The number of aryl methyl sites for hydroxylation is 1. The maximum atomic E-state index is 5.94. The minimum Gasteiger partial charge on any atom is -0.439 e. The van der Waals surface area contributed by atoms with Gasteiger partial charge in [-0.15, -0.1) is 0 Å². The number of nitrogens with two attached hydrogens (primary N) is 1. The van der Waals surface area contributed by atoms with E-state index in [0.29, 0.717) is 28.2 Å². The maximum Gasteiger partial charge on any atom is 0.219 e. The second kappa shape index (κ2) is 6.24. The Labute approximate surface area is 122 Å². The van der Waals surface area contributed by atoms with E-state index in [2.05, 4.69) is 4.98 Å². The number of benzene rings is 1. The van der Waals surface area contributed by atoms with Crippen molar-refractivity contribution >= 4 is 23.2 Å². The summed E-state index contributed by atoms with van der Waals surface area (Å²) in [5.41, 5.74) is 7.59. The molecule has 0 aliphatic carbocycles. The Hall–Kier alpha value is -1.29. The quantitative estimate of drug-likeness (QED) is 0.920. The van der Waals surface area contributed by atoms with Crippen LogP contribution in [0.1, 0.15) is 18.2 Å². The van der Waals surface area contributed by atoms with E-state index in [4.69, 9.17) is 33.7 Å². The molecule has 0 atom stereocenters. The molecule has 0 aliphatic rings. The highest BCUT2D eigenvalue weighted by molar-refractivity contribution is 6.42. The molecule has 2 rings (SSSR count). The van der Waals surface area contributed by atoms with Crippen molar-refractivity contribution in [3.8, 4) is 11.6 Å². The van der Waals surface area contributed by atoms with E-state index in [-0.39, 0.29) is 0 Å². The van der Waals surface area contributed by atoms with E-state index >= 15 is 0 Å².